The largest absolute Gasteiger partial charge is 0.463 e. The number of aryl methyl sites for hydroxylation is 1. The number of ether oxygens (including phenoxy) is 1. The molecule has 2 amide bonds. The zero-order chi connectivity index (χ0) is 18.8. The average molecular weight is 375 g/mol. The van der Waals surface area contributed by atoms with Gasteiger partial charge in [-0.15, -0.1) is 0 Å². The van der Waals surface area contributed by atoms with E-state index in [0.717, 1.165) is 5.69 Å². The number of urea groups is 1. The van der Waals surface area contributed by atoms with E-state index in [9.17, 15) is 9.59 Å². The van der Waals surface area contributed by atoms with Crippen LogP contribution in [0.1, 0.15) is 31.1 Å². The van der Waals surface area contributed by atoms with Gasteiger partial charge in [-0.2, -0.15) is 5.10 Å². The molecule has 0 radical (unpaired) electrons. The SMILES string of the molecule is CCOC(=O)C1=C(C)NC(=O)N[C@@H]1c1c(C)nn(-c2ccccc2)c1Cl. The number of amides is 2. The third-order valence-corrected chi connectivity index (χ3v) is 4.47. The van der Waals surface area contributed by atoms with E-state index in [1.807, 2.05) is 30.3 Å². The number of hydrogen-bond donors (Lipinski definition) is 2. The van der Waals surface area contributed by atoms with Gasteiger partial charge in [-0.25, -0.2) is 14.3 Å². The first-order valence-electron chi connectivity index (χ1n) is 8.19. The van der Waals surface area contributed by atoms with Crippen molar-refractivity contribution in [2.45, 2.75) is 26.8 Å². The number of allylic oxidation sites excluding steroid dienone is 1. The molecule has 2 N–H and O–H groups in total. The van der Waals surface area contributed by atoms with E-state index in [1.54, 1.807) is 25.5 Å². The van der Waals surface area contributed by atoms with Crippen molar-refractivity contribution >= 4 is 23.6 Å². The third kappa shape index (κ3) is 3.17. The Morgan fingerprint density at radius 3 is 2.65 bits per heavy atom. The van der Waals surface area contributed by atoms with E-state index in [1.165, 1.54) is 0 Å². The molecule has 1 aliphatic heterocycles. The number of nitrogens with zero attached hydrogens (tertiary/aromatic N) is 2. The molecule has 3 rings (SSSR count). The van der Waals surface area contributed by atoms with Gasteiger partial charge in [0.15, 0.2) is 0 Å². The fourth-order valence-electron chi connectivity index (χ4n) is 2.97. The molecule has 0 saturated carbocycles. The fourth-order valence-corrected chi connectivity index (χ4v) is 3.35. The molecule has 1 aromatic carbocycles. The molecule has 2 heterocycles. The second-order valence-corrected chi connectivity index (χ2v) is 6.19. The van der Waals surface area contributed by atoms with Gasteiger partial charge in [-0.3, -0.25) is 0 Å². The van der Waals surface area contributed by atoms with E-state index in [2.05, 4.69) is 15.7 Å². The van der Waals surface area contributed by atoms with Gasteiger partial charge in [0, 0.05) is 11.3 Å². The van der Waals surface area contributed by atoms with Crippen molar-refractivity contribution in [3.05, 3.63) is 58.0 Å². The average Bonchev–Trinajstić information content (AvgIpc) is 2.89. The van der Waals surface area contributed by atoms with Crippen molar-refractivity contribution in [1.82, 2.24) is 20.4 Å². The number of benzene rings is 1. The van der Waals surface area contributed by atoms with Crippen LogP contribution in [0.2, 0.25) is 5.15 Å². The first-order chi connectivity index (χ1) is 12.4. The summed E-state index contributed by atoms with van der Waals surface area (Å²) in [7, 11) is 0. The van der Waals surface area contributed by atoms with Crippen LogP contribution in [0, 0.1) is 6.92 Å². The minimum atomic E-state index is -0.743. The number of hydrogen-bond acceptors (Lipinski definition) is 4. The van der Waals surface area contributed by atoms with E-state index >= 15 is 0 Å². The minimum absolute atomic E-state index is 0.228. The Kier molecular flexibility index (Phi) is 4.99. The van der Waals surface area contributed by atoms with Crippen LogP contribution >= 0.6 is 11.6 Å². The predicted molar refractivity (Wildman–Crippen MR) is 97.1 cm³/mol. The molecule has 0 aliphatic carbocycles. The predicted octanol–water partition coefficient (Wildman–Crippen LogP) is 3.03. The van der Waals surface area contributed by atoms with Crippen LogP contribution in [0.3, 0.4) is 0 Å². The van der Waals surface area contributed by atoms with Crippen molar-refractivity contribution in [2.75, 3.05) is 6.61 Å². The Labute approximate surface area is 156 Å². The van der Waals surface area contributed by atoms with Gasteiger partial charge in [-0.05, 0) is 32.9 Å². The van der Waals surface area contributed by atoms with Crippen LogP contribution in [0.4, 0.5) is 4.79 Å². The second kappa shape index (κ2) is 7.21. The molecule has 0 spiro atoms. The number of para-hydroxylation sites is 1. The molecule has 0 fully saturated rings. The zero-order valence-corrected chi connectivity index (χ0v) is 15.4. The lowest BCUT2D eigenvalue weighted by Crippen LogP contribution is -2.45. The Morgan fingerprint density at radius 2 is 2.00 bits per heavy atom. The van der Waals surface area contributed by atoms with E-state index in [0.29, 0.717) is 27.7 Å². The molecule has 8 heteroatoms. The number of aromatic nitrogens is 2. The lowest BCUT2D eigenvalue weighted by Gasteiger charge is -2.27. The van der Waals surface area contributed by atoms with Crippen LogP contribution in [0.25, 0.3) is 5.69 Å². The number of esters is 1. The summed E-state index contributed by atoms with van der Waals surface area (Å²) in [5.41, 5.74) is 2.70. The summed E-state index contributed by atoms with van der Waals surface area (Å²) in [5.74, 6) is -0.509. The summed E-state index contributed by atoms with van der Waals surface area (Å²) in [6.45, 7) is 5.39. The van der Waals surface area contributed by atoms with Gasteiger partial charge >= 0.3 is 12.0 Å². The molecule has 1 aromatic heterocycles. The van der Waals surface area contributed by atoms with Crippen LogP contribution in [0.15, 0.2) is 41.6 Å². The van der Waals surface area contributed by atoms with Crippen molar-refractivity contribution in [3.8, 4) is 5.69 Å². The van der Waals surface area contributed by atoms with Gasteiger partial charge in [0.25, 0.3) is 0 Å². The van der Waals surface area contributed by atoms with Crippen molar-refractivity contribution in [2.24, 2.45) is 0 Å². The maximum atomic E-state index is 12.5. The maximum absolute atomic E-state index is 12.5. The summed E-state index contributed by atoms with van der Waals surface area (Å²) in [6, 6.07) is 8.24. The van der Waals surface area contributed by atoms with Gasteiger partial charge in [-0.1, -0.05) is 29.8 Å². The normalized spacial score (nSPS) is 16.9. The number of nitrogens with one attached hydrogen (secondary N) is 2. The van der Waals surface area contributed by atoms with Crippen molar-refractivity contribution in [1.29, 1.82) is 0 Å². The second-order valence-electron chi connectivity index (χ2n) is 5.83. The van der Waals surface area contributed by atoms with E-state index < -0.39 is 18.0 Å². The van der Waals surface area contributed by atoms with Crippen LogP contribution < -0.4 is 10.6 Å². The molecule has 0 saturated heterocycles. The molecule has 1 aliphatic rings. The third-order valence-electron chi connectivity index (χ3n) is 4.10. The number of rotatable bonds is 4. The zero-order valence-electron chi connectivity index (χ0n) is 14.7. The number of carbonyl (C=O) groups is 2. The smallest absolute Gasteiger partial charge is 0.338 e. The van der Waals surface area contributed by atoms with Crippen LogP contribution in [-0.4, -0.2) is 28.4 Å². The lowest BCUT2D eigenvalue weighted by molar-refractivity contribution is -0.139. The summed E-state index contributed by atoms with van der Waals surface area (Å²) in [4.78, 5) is 24.5. The minimum Gasteiger partial charge on any atom is -0.463 e. The highest BCUT2D eigenvalue weighted by molar-refractivity contribution is 6.31. The standard InChI is InChI=1S/C18H19ClN4O3/c1-4-26-17(24)14-10(2)20-18(25)21-15(14)13-11(3)22-23(16(13)19)12-8-6-5-7-9-12/h5-9,15H,4H2,1-3H3,(H2,20,21,25)/t15-/m1/s1. The number of carbonyl (C=O) groups excluding carboxylic acids is 2. The highest BCUT2D eigenvalue weighted by Gasteiger charge is 2.36. The molecule has 26 heavy (non-hydrogen) atoms. The summed E-state index contributed by atoms with van der Waals surface area (Å²) >= 11 is 6.59. The molecule has 7 nitrogen and oxygen atoms in total. The molecular formula is C18H19ClN4O3. The topological polar surface area (TPSA) is 85.2 Å². The Hall–Kier alpha value is -2.80. The van der Waals surface area contributed by atoms with Crippen LogP contribution in [0.5, 0.6) is 0 Å². The molecule has 2 aromatic rings. The van der Waals surface area contributed by atoms with Gasteiger partial charge in [0.1, 0.15) is 5.15 Å². The Balaban J connectivity index is 2.12. The number of halogens is 1. The highest BCUT2D eigenvalue weighted by Crippen LogP contribution is 2.35. The summed E-state index contributed by atoms with van der Waals surface area (Å²) in [5, 5.41) is 10.2. The first kappa shape index (κ1) is 18.0. The molecule has 136 valence electrons. The maximum Gasteiger partial charge on any atom is 0.338 e. The molecule has 1 atom stereocenters. The van der Waals surface area contributed by atoms with Crippen molar-refractivity contribution in [3.63, 3.8) is 0 Å². The Bertz CT molecular complexity index is 889. The fraction of sp³-hybridized carbons (Fsp3) is 0.278. The van der Waals surface area contributed by atoms with Gasteiger partial charge < -0.3 is 15.4 Å². The van der Waals surface area contributed by atoms with E-state index in [4.69, 9.17) is 16.3 Å². The summed E-state index contributed by atoms with van der Waals surface area (Å²) in [6.07, 6.45) is 0. The molecule has 0 bridgehead atoms. The monoisotopic (exact) mass is 374 g/mol. The Morgan fingerprint density at radius 1 is 1.31 bits per heavy atom. The quantitative estimate of drug-likeness (QED) is 0.805. The van der Waals surface area contributed by atoms with Gasteiger partial charge in [0.05, 0.1) is 29.6 Å². The van der Waals surface area contributed by atoms with Crippen LogP contribution in [-0.2, 0) is 9.53 Å². The van der Waals surface area contributed by atoms with Crippen molar-refractivity contribution < 1.29 is 14.3 Å². The van der Waals surface area contributed by atoms with E-state index in [-0.39, 0.29) is 6.61 Å². The summed E-state index contributed by atoms with van der Waals surface area (Å²) < 4.78 is 6.73. The first-order valence-corrected chi connectivity index (χ1v) is 8.57. The lowest BCUT2D eigenvalue weighted by atomic mass is 9.96. The molecule has 0 unspecified atom stereocenters. The van der Waals surface area contributed by atoms with Gasteiger partial charge in [0.2, 0.25) is 0 Å². The molecular weight excluding hydrogens is 356 g/mol. The highest BCUT2D eigenvalue weighted by atomic mass is 35.5.